The first-order valence-electron chi connectivity index (χ1n) is 7.28. The Morgan fingerprint density at radius 3 is 2.64 bits per heavy atom. The monoisotopic (exact) mass is 377 g/mol. The zero-order valence-electron chi connectivity index (χ0n) is 13.1. The summed E-state index contributed by atoms with van der Waals surface area (Å²) in [6.45, 7) is 1.64. The van der Waals surface area contributed by atoms with Crippen LogP contribution in [0.15, 0.2) is 48.8 Å². The van der Waals surface area contributed by atoms with Crippen LogP contribution in [0, 0.1) is 0 Å². The Kier molecular flexibility index (Phi) is 5.16. The molecule has 128 valence electrons. The van der Waals surface area contributed by atoms with E-state index < -0.39 is 6.10 Å². The fourth-order valence-corrected chi connectivity index (χ4v) is 2.63. The first kappa shape index (κ1) is 17.2. The van der Waals surface area contributed by atoms with Gasteiger partial charge < -0.3 is 10.1 Å². The number of anilines is 1. The van der Waals surface area contributed by atoms with Crippen molar-refractivity contribution in [2.45, 2.75) is 13.0 Å². The molecule has 0 aliphatic heterocycles. The molecule has 3 rings (SSSR count). The molecule has 1 unspecified atom stereocenters. The number of amides is 1. The third-order valence-electron chi connectivity index (χ3n) is 3.24. The Hall–Kier alpha value is -2.64. The molecule has 0 saturated carbocycles. The van der Waals surface area contributed by atoms with E-state index in [1.54, 1.807) is 43.3 Å². The molecule has 0 saturated heterocycles. The number of nitrogens with zero attached hydrogens (tertiary/aromatic N) is 4. The Morgan fingerprint density at radius 2 is 1.96 bits per heavy atom. The second kappa shape index (κ2) is 7.50. The van der Waals surface area contributed by atoms with Crippen LogP contribution in [0.4, 0.5) is 5.69 Å². The molecule has 0 bridgehead atoms. The summed E-state index contributed by atoms with van der Waals surface area (Å²) < 4.78 is 7.18. The lowest BCUT2D eigenvalue weighted by Crippen LogP contribution is -2.30. The van der Waals surface area contributed by atoms with Crippen LogP contribution in [0.25, 0.3) is 5.69 Å². The highest BCUT2D eigenvalue weighted by molar-refractivity contribution is 6.35. The van der Waals surface area contributed by atoms with E-state index in [4.69, 9.17) is 27.9 Å². The lowest BCUT2D eigenvalue weighted by Gasteiger charge is -2.15. The number of benzene rings is 2. The molecule has 25 heavy (non-hydrogen) atoms. The summed E-state index contributed by atoms with van der Waals surface area (Å²) in [4.78, 5) is 12.3. The third-order valence-corrected chi connectivity index (χ3v) is 3.68. The molecule has 0 aliphatic carbocycles. The average Bonchev–Trinajstić information content (AvgIpc) is 3.08. The van der Waals surface area contributed by atoms with E-state index in [-0.39, 0.29) is 5.91 Å². The maximum atomic E-state index is 12.3. The number of ether oxygens (including phenoxy) is 1. The van der Waals surface area contributed by atoms with Crippen LogP contribution >= 0.6 is 23.2 Å². The van der Waals surface area contributed by atoms with E-state index in [0.717, 1.165) is 5.69 Å². The van der Waals surface area contributed by atoms with Gasteiger partial charge in [-0.1, -0.05) is 29.3 Å². The van der Waals surface area contributed by atoms with Crippen molar-refractivity contribution in [2.24, 2.45) is 0 Å². The molecule has 9 heteroatoms. The number of hydrogen-bond acceptors (Lipinski definition) is 5. The standard InChI is InChI=1S/C16H13Cl2N5O2/c1-10(16(24)20-13-6-11(17)5-12(18)7-13)25-15-4-2-3-14(8-15)23-9-19-21-22-23/h2-10H,1H3,(H,20,24). The van der Waals surface area contributed by atoms with Gasteiger partial charge in [-0.3, -0.25) is 4.79 Å². The molecule has 3 aromatic rings. The molecular formula is C16H13Cl2N5O2. The summed E-state index contributed by atoms with van der Waals surface area (Å²) in [6, 6.07) is 11.9. The van der Waals surface area contributed by atoms with Crippen molar-refractivity contribution in [3.63, 3.8) is 0 Å². The van der Waals surface area contributed by atoms with Crippen LogP contribution in [-0.4, -0.2) is 32.2 Å². The SMILES string of the molecule is CC(Oc1cccc(-n2cnnn2)c1)C(=O)Nc1cc(Cl)cc(Cl)c1. The van der Waals surface area contributed by atoms with Crippen LogP contribution in [-0.2, 0) is 4.79 Å². The van der Waals surface area contributed by atoms with Gasteiger partial charge in [0.1, 0.15) is 12.1 Å². The number of carbonyl (C=O) groups excluding carboxylic acids is 1. The molecule has 0 fully saturated rings. The van der Waals surface area contributed by atoms with E-state index in [2.05, 4.69) is 20.8 Å². The quantitative estimate of drug-likeness (QED) is 0.736. The molecule has 1 atom stereocenters. The highest BCUT2D eigenvalue weighted by Crippen LogP contribution is 2.23. The predicted octanol–water partition coefficient (Wildman–Crippen LogP) is 3.38. The van der Waals surface area contributed by atoms with Crippen LogP contribution < -0.4 is 10.1 Å². The average molecular weight is 378 g/mol. The number of nitrogens with one attached hydrogen (secondary N) is 1. The summed E-state index contributed by atoms with van der Waals surface area (Å²) in [5.74, 6) is 0.186. The van der Waals surface area contributed by atoms with Gasteiger partial charge in [-0.05, 0) is 47.7 Å². The lowest BCUT2D eigenvalue weighted by molar-refractivity contribution is -0.122. The molecule has 1 heterocycles. The number of tetrazole rings is 1. The van der Waals surface area contributed by atoms with E-state index in [1.807, 2.05) is 6.07 Å². The van der Waals surface area contributed by atoms with Crippen LogP contribution in [0.5, 0.6) is 5.75 Å². The number of halogens is 2. The maximum Gasteiger partial charge on any atom is 0.265 e. The van der Waals surface area contributed by atoms with Crippen LogP contribution in [0.2, 0.25) is 10.0 Å². The Labute approximate surface area is 153 Å². The van der Waals surface area contributed by atoms with Crippen molar-refractivity contribution in [3.05, 3.63) is 58.8 Å². The first-order chi connectivity index (χ1) is 12.0. The molecule has 1 amide bonds. The first-order valence-corrected chi connectivity index (χ1v) is 8.04. The van der Waals surface area contributed by atoms with E-state index >= 15 is 0 Å². The van der Waals surface area contributed by atoms with Gasteiger partial charge in [-0.2, -0.15) is 0 Å². The maximum absolute atomic E-state index is 12.3. The highest BCUT2D eigenvalue weighted by Gasteiger charge is 2.16. The van der Waals surface area contributed by atoms with Gasteiger partial charge in [0.25, 0.3) is 5.91 Å². The smallest absolute Gasteiger partial charge is 0.265 e. The van der Waals surface area contributed by atoms with Crippen LogP contribution in [0.3, 0.4) is 0 Å². The topological polar surface area (TPSA) is 81.9 Å². The Bertz CT molecular complexity index is 866. The minimum Gasteiger partial charge on any atom is -0.481 e. The number of rotatable bonds is 5. The molecule has 2 aromatic carbocycles. The predicted molar refractivity (Wildman–Crippen MR) is 94.3 cm³/mol. The van der Waals surface area contributed by atoms with Gasteiger partial charge in [-0.25, -0.2) is 4.68 Å². The highest BCUT2D eigenvalue weighted by atomic mass is 35.5. The fourth-order valence-electron chi connectivity index (χ4n) is 2.11. The zero-order chi connectivity index (χ0) is 17.8. The second-order valence-electron chi connectivity index (χ2n) is 5.16. The van der Waals surface area contributed by atoms with Crippen molar-refractivity contribution in [2.75, 3.05) is 5.32 Å². The number of aromatic nitrogens is 4. The van der Waals surface area contributed by atoms with Gasteiger partial charge in [0.15, 0.2) is 6.10 Å². The van der Waals surface area contributed by atoms with Gasteiger partial charge >= 0.3 is 0 Å². The van der Waals surface area contributed by atoms with Crippen molar-refractivity contribution in [1.82, 2.24) is 20.2 Å². The molecule has 0 spiro atoms. The zero-order valence-corrected chi connectivity index (χ0v) is 14.6. The van der Waals surface area contributed by atoms with E-state index in [9.17, 15) is 4.79 Å². The molecule has 7 nitrogen and oxygen atoms in total. The van der Waals surface area contributed by atoms with Gasteiger partial charge in [0, 0.05) is 21.8 Å². The van der Waals surface area contributed by atoms with Crippen molar-refractivity contribution in [1.29, 1.82) is 0 Å². The summed E-state index contributed by atoms with van der Waals surface area (Å²) in [7, 11) is 0. The Balaban J connectivity index is 1.68. The fraction of sp³-hybridized carbons (Fsp3) is 0.125. The van der Waals surface area contributed by atoms with E-state index in [0.29, 0.717) is 21.5 Å². The van der Waals surface area contributed by atoms with Crippen LogP contribution in [0.1, 0.15) is 6.92 Å². The number of hydrogen-bond donors (Lipinski definition) is 1. The van der Waals surface area contributed by atoms with Crippen molar-refractivity contribution < 1.29 is 9.53 Å². The van der Waals surface area contributed by atoms with Gasteiger partial charge in [0.2, 0.25) is 0 Å². The van der Waals surface area contributed by atoms with Gasteiger partial charge in [0.05, 0.1) is 5.69 Å². The minimum atomic E-state index is -0.734. The van der Waals surface area contributed by atoms with Gasteiger partial charge in [-0.15, -0.1) is 5.10 Å². The third kappa shape index (κ3) is 4.46. The molecule has 1 aromatic heterocycles. The summed E-state index contributed by atoms with van der Waals surface area (Å²) in [5.41, 5.74) is 1.22. The molecular weight excluding hydrogens is 365 g/mol. The lowest BCUT2D eigenvalue weighted by atomic mass is 10.2. The second-order valence-corrected chi connectivity index (χ2v) is 6.03. The normalized spacial score (nSPS) is 11.8. The molecule has 1 N–H and O–H groups in total. The van der Waals surface area contributed by atoms with E-state index in [1.165, 1.54) is 11.0 Å². The molecule has 0 radical (unpaired) electrons. The summed E-state index contributed by atoms with van der Waals surface area (Å²) in [6.07, 6.45) is 0.736. The largest absolute Gasteiger partial charge is 0.481 e. The van der Waals surface area contributed by atoms with Crippen molar-refractivity contribution in [3.8, 4) is 11.4 Å². The number of carbonyl (C=O) groups is 1. The Morgan fingerprint density at radius 1 is 1.20 bits per heavy atom. The summed E-state index contributed by atoms with van der Waals surface area (Å²) >= 11 is 11.8. The summed E-state index contributed by atoms with van der Waals surface area (Å²) in [5, 5.41) is 14.6. The van der Waals surface area contributed by atoms with Crippen molar-refractivity contribution >= 4 is 34.8 Å². The molecule has 0 aliphatic rings. The minimum absolute atomic E-state index is 0.328.